The van der Waals surface area contributed by atoms with Crippen LogP contribution in [0.15, 0.2) is 174 Å². The fourth-order valence-corrected chi connectivity index (χ4v) is 10.1. The van der Waals surface area contributed by atoms with Crippen LogP contribution in [0.25, 0.3) is 110 Å². The number of nitrogens with zero attached hydrogens (tertiary/aromatic N) is 4. The maximum atomic E-state index is 6.62. The Bertz CT molecular complexity index is 3680. The second-order valence-corrected chi connectivity index (χ2v) is 16.2. The maximum Gasteiger partial charge on any atom is 0.235 e. The fraction of sp³-hybridized carbons (Fsp3) is 0.0566. The van der Waals surface area contributed by atoms with Crippen LogP contribution in [0.2, 0.25) is 0 Å². The van der Waals surface area contributed by atoms with Crippen molar-refractivity contribution in [1.29, 1.82) is 0 Å². The minimum Gasteiger partial charge on any atom is -0.455 e. The molecule has 0 saturated heterocycles. The topological polar surface area (TPSA) is 48.8 Å². The molecule has 12 aromatic rings. The number of hydrogen-bond donors (Lipinski definition) is 0. The highest BCUT2D eigenvalue weighted by molar-refractivity contribution is 6.14. The molecular formula is C53H34N4O. The van der Waals surface area contributed by atoms with Gasteiger partial charge in [-0.2, -0.15) is 0 Å². The molecule has 1 aliphatic carbocycles. The summed E-state index contributed by atoms with van der Waals surface area (Å²) in [6.45, 7) is 4.70. The third-order valence-corrected chi connectivity index (χ3v) is 12.7. The zero-order chi connectivity index (χ0) is 38.3. The normalized spacial score (nSPS) is 13.5. The Morgan fingerprint density at radius 1 is 0.431 bits per heavy atom. The van der Waals surface area contributed by atoms with Gasteiger partial charge in [0.1, 0.15) is 11.2 Å². The summed E-state index contributed by atoms with van der Waals surface area (Å²) >= 11 is 0. The Morgan fingerprint density at radius 2 is 1.07 bits per heavy atom. The third kappa shape index (κ3) is 4.14. The highest BCUT2D eigenvalue weighted by Crippen LogP contribution is 2.51. The van der Waals surface area contributed by atoms with Gasteiger partial charge < -0.3 is 8.98 Å². The highest BCUT2D eigenvalue weighted by Gasteiger charge is 2.36. The standard InChI is InChI=1S/C53H34N4O/c1-53(2)42-21-8-3-14-32(42)40-30-48-41(29-43(40)53)35-27-26-31(56-45-23-10-5-15-33(45)34-16-6-11-24-46(34)56)28-47(35)57(48)52-54-44-22-9-4-18-38(44)50(55-52)39-20-13-19-37-36-17-7-12-25-49(36)58-51(37)39/h3-30H,1-2H3. The summed E-state index contributed by atoms with van der Waals surface area (Å²) in [7, 11) is 0. The summed E-state index contributed by atoms with van der Waals surface area (Å²) in [5.41, 5.74) is 15.0. The zero-order valence-electron chi connectivity index (χ0n) is 31.9. The van der Waals surface area contributed by atoms with Gasteiger partial charge >= 0.3 is 0 Å². The van der Waals surface area contributed by atoms with Gasteiger partial charge in [0.05, 0.1) is 33.3 Å². The first kappa shape index (κ1) is 31.7. The van der Waals surface area contributed by atoms with Crippen LogP contribution in [0.5, 0.6) is 0 Å². The van der Waals surface area contributed by atoms with E-state index < -0.39 is 0 Å². The molecule has 0 unspecified atom stereocenters. The van der Waals surface area contributed by atoms with Crippen LogP contribution in [-0.4, -0.2) is 19.1 Å². The van der Waals surface area contributed by atoms with E-state index in [2.05, 4.69) is 181 Å². The second-order valence-electron chi connectivity index (χ2n) is 16.2. The lowest BCUT2D eigenvalue weighted by Gasteiger charge is -2.21. The van der Waals surface area contributed by atoms with Gasteiger partial charge in [0.25, 0.3) is 0 Å². The summed E-state index contributed by atoms with van der Waals surface area (Å²) in [6, 6.07) is 60.9. The molecule has 0 fully saturated rings. The first-order chi connectivity index (χ1) is 28.5. The predicted octanol–water partition coefficient (Wildman–Crippen LogP) is 13.7. The summed E-state index contributed by atoms with van der Waals surface area (Å²) < 4.78 is 11.3. The van der Waals surface area contributed by atoms with Gasteiger partial charge in [-0.15, -0.1) is 0 Å². The van der Waals surface area contributed by atoms with Crippen LogP contribution in [0.1, 0.15) is 25.0 Å². The van der Waals surface area contributed by atoms with E-state index in [1.165, 1.54) is 49.4 Å². The molecule has 58 heavy (non-hydrogen) atoms. The molecule has 0 amide bonds. The van der Waals surface area contributed by atoms with Crippen molar-refractivity contribution in [1.82, 2.24) is 19.1 Å². The van der Waals surface area contributed by atoms with Crippen molar-refractivity contribution in [3.05, 3.63) is 181 Å². The number of para-hydroxylation sites is 5. The van der Waals surface area contributed by atoms with Crippen molar-refractivity contribution in [3.63, 3.8) is 0 Å². The molecule has 13 rings (SSSR count). The first-order valence-electron chi connectivity index (χ1n) is 19.9. The smallest absolute Gasteiger partial charge is 0.235 e. The van der Waals surface area contributed by atoms with Crippen LogP contribution >= 0.6 is 0 Å². The molecule has 0 atom stereocenters. The van der Waals surface area contributed by atoms with Gasteiger partial charge in [0.15, 0.2) is 0 Å². The Balaban J connectivity index is 1.16. The Hall–Kier alpha value is -7.50. The van der Waals surface area contributed by atoms with Crippen LogP contribution in [0.3, 0.4) is 0 Å². The van der Waals surface area contributed by atoms with Crippen molar-refractivity contribution in [3.8, 4) is 34.0 Å². The van der Waals surface area contributed by atoms with Gasteiger partial charge in [-0.1, -0.05) is 129 Å². The molecule has 8 aromatic carbocycles. The molecule has 4 heterocycles. The summed E-state index contributed by atoms with van der Waals surface area (Å²) in [5.74, 6) is 0.617. The molecule has 0 radical (unpaired) electrons. The largest absolute Gasteiger partial charge is 0.455 e. The van der Waals surface area contributed by atoms with E-state index in [-0.39, 0.29) is 5.41 Å². The number of benzene rings is 8. The molecule has 0 N–H and O–H groups in total. The lowest BCUT2D eigenvalue weighted by Crippen LogP contribution is -2.14. The van der Waals surface area contributed by atoms with E-state index in [1.807, 2.05) is 12.1 Å². The van der Waals surface area contributed by atoms with Crippen molar-refractivity contribution < 1.29 is 4.42 Å². The zero-order valence-corrected chi connectivity index (χ0v) is 31.9. The lowest BCUT2D eigenvalue weighted by atomic mass is 9.82. The molecule has 5 nitrogen and oxygen atoms in total. The monoisotopic (exact) mass is 742 g/mol. The van der Waals surface area contributed by atoms with Crippen molar-refractivity contribution in [2.45, 2.75) is 19.3 Å². The average molecular weight is 743 g/mol. The van der Waals surface area contributed by atoms with Crippen molar-refractivity contribution in [2.75, 3.05) is 0 Å². The van der Waals surface area contributed by atoms with Crippen molar-refractivity contribution in [2.24, 2.45) is 0 Å². The van der Waals surface area contributed by atoms with Crippen LogP contribution in [0.4, 0.5) is 0 Å². The van der Waals surface area contributed by atoms with Crippen LogP contribution in [0, 0.1) is 0 Å². The third-order valence-electron chi connectivity index (χ3n) is 12.7. The number of hydrogen-bond acceptors (Lipinski definition) is 3. The average Bonchev–Trinajstić information content (AvgIpc) is 3.97. The molecule has 0 bridgehead atoms. The number of furan rings is 1. The van der Waals surface area contributed by atoms with Gasteiger partial charge in [-0.3, -0.25) is 4.57 Å². The molecule has 0 spiro atoms. The SMILES string of the molecule is CC1(C)c2ccccc2-c2cc3c(cc21)c1ccc(-n2c4ccccc4c4ccccc42)cc1n3-c1nc(-c2cccc3c2oc2ccccc23)c2ccccc2n1. The molecule has 1 aliphatic rings. The van der Waals surface area contributed by atoms with Crippen LogP contribution in [-0.2, 0) is 5.41 Å². The molecule has 0 saturated carbocycles. The van der Waals surface area contributed by atoms with Gasteiger partial charge in [-0.05, 0) is 76.9 Å². The number of rotatable bonds is 3. The Kier molecular flexibility index (Phi) is 6.17. The maximum absolute atomic E-state index is 6.62. The number of fused-ring (bicyclic) bond motifs is 13. The molecule has 0 aliphatic heterocycles. The first-order valence-corrected chi connectivity index (χ1v) is 19.9. The minimum absolute atomic E-state index is 0.144. The quantitative estimate of drug-likeness (QED) is 0.181. The Labute approximate surface area is 333 Å². The summed E-state index contributed by atoms with van der Waals surface area (Å²) in [5, 5.41) is 7.95. The summed E-state index contributed by atoms with van der Waals surface area (Å²) in [6.07, 6.45) is 0. The molecule has 5 heteroatoms. The second kappa shape index (κ2) is 11.3. The van der Waals surface area contributed by atoms with E-state index in [0.717, 1.165) is 66.2 Å². The van der Waals surface area contributed by atoms with E-state index in [1.54, 1.807) is 0 Å². The predicted molar refractivity (Wildman–Crippen MR) is 238 cm³/mol. The van der Waals surface area contributed by atoms with Gasteiger partial charge in [0.2, 0.25) is 5.95 Å². The van der Waals surface area contributed by atoms with Gasteiger partial charge in [-0.25, -0.2) is 9.97 Å². The molecule has 4 aromatic heterocycles. The summed E-state index contributed by atoms with van der Waals surface area (Å²) in [4.78, 5) is 11.0. The molecular weight excluding hydrogens is 709 g/mol. The van der Waals surface area contributed by atoms with Crippen molar-refractivity contribution >= 4 is 76.5 Å². The fourth-order valence-electron chi connectivity index (χ4n) is 10.1. The van der Waals surface area contributed by atoms with Gasteiger partial charge in [0, 0.05) is 54.4 Å². The lowest BCUT2D eigenvalue weighted by molar-refractivity contribution is 0.661. The van der Waals surface area contributed by atoms with E-state index >= 15 is 0 Å². The number of aromatic nitrogens is 4. The van der Waals surface area contributed by atoms with E-state index in [9.17, 15) is 0 Å². The minimum atomic E-state index is -0.144. The molecule has 272 valence electrons. The Morgan fingerprint density at radius 3 is 1.90 bits per heavy atom. The van der Waals surface area contributed by atoms with E-state index in [0.29, 0.717) is 5.95 Å². The van der Waals surface area contributed by atoms with E-state index in [4.69, 9.17) is 14.4 Å². The van der Waals surface area contributed by atoms with Crippen LogP contribution < -0.4 is 0 Å². The highest BCUT2D eigenvalue weighted by atomic mass is 16.3.